The van der Waals surface area contributed by atoms with Crippen LogP contribution in [0.15, 0.2) is 176 Å². The highest BCUT2D eigenvalue weighted by Gasteiger charge is 2.18. The second-order valence-electron chi connectivity index (χ2n) is 14.0. The number of hydrogen-bond acceptors (Lipinski definition) is 1. The van der Waals surface area contributed by atoms with Crippen molar-refractivity contribution in [3.8, 4) is 34.3 Å². The molecule has 11 aromatic rings. The van der Waals surface area contributed by atoms with Crippen molar-refractivity contribution in [2.45, 2.75) is 0 Å². The van der Waals surface area contributed by atoms with E-state index >= 15 is 0 Å². The van der Waals surface area contributed by atoms with Gasteiger partial charge in [0.25, 0.3) is 0 Å². The summed E-state index contributed by atoms with van der Waals surface area (Å²) in [6.07, 6.45) is 0. The van der Waals surface area contributed by atoms with Gasteiger partial charge >= 0.3 is 0 Å². The van der Waals surface area contributed by atoms with Crippen LogP contribution in [0.5, 0.6) is 0 Å². The molecule has 0 aliphatic rings. The van der Waals surface area contributed by atoms with Crippen LogP contribution in [-0.4, -0.2) is 13.7 Å². The molecule has 0 unspecified atom stereocenters. The van der Waals surface area contributed by atoms with Gasteiger partial charge in [-0.25, -0.2) is 4.85 Å². The van der Waals surface area contributed by atoms with Crippen molar-refractivity contribution in [3.63, 3.8) is 0 Å². The zero-order valence-electron chi connectivity index (χ0n) is 29.5. The summed E-state index contributed by atoms with van der Waals surface area (Å²) in [5.41, 5.74) is 12.8. The van der Waals surface area contributed by atoms with E-state index in [-0.39, 0.29) is 0 Å². The first-order valence-electron chi connectivity index (χ1n) is 18.3. The predicted octanol–water partition coefficient (Wildman–Crippen LogP) is 13.1. The first kappa shape index (κ1) is 30.7. The van der Waals surface area contributed by atoms with E-state index in [1.165, 1.54) is 10.8 Å². The monoisotopic (exact) mass is 699 g/mol. The van der Waals surface area contributed by atoms with Crippen molar-refractivity contribution in [2.75, 3.05) is 0 Å². The van der Waals surface area contributed by atoms with Crippen LogP contribution in [0.25, 0.3) is 98.5 Å². The van der Waals surface area contributed by atoms with Gasteiger partial charge in [0.1, 0.15) is 0 Å². The Hall–Kier alpha value is -7.86. The fraction of sp³-hybridized carbons (Fsp3) is 0. The summed E-state index contributed by atoms with van der Waals surface area (Å²) >= 11 is 0. The van der Waals surface area contributed by atoms with Crippen molar-refractivity contribution < 1.29 is 0 Å². The van der Waals surface area contributed by atoms with E-state index in [0.717, 1.165) is 82.8 Å². The molecule has 55 heavy (non-hydrogen) atoms. The van der Waals surface area contributed by atoms with E-state index in [4.69, 9.17) is 6.57 Å². The summed E-state index contributed by atoms with van der Waals surface area (Å²) in [6, 6.07) is 63.8. The van der Waals surface area contributed by atoms with E-state index in [2.05, 4.69) is 164 Å². The van der Waals surface area contributed by atoms with Crippen molar-refractivity contribution in [1.29, 1.82) is 5.26 Å². The lowest BCUT2D eigenvalue weighted by Crippen LogP contribution is -1.98. The Kier molecular flexibility index (Phi) is 6.61. The summed E-state index contributed by atoms with van der Waals surface area (Å²) in [6.45, 7) is 7.61. The summed E-state index contributed by atoms with van der Waals surface area (Å²) < 4.78 is 6.92. The Morgan fingerprint density at radius 1 is 0.382 bits per heavy atom. The third-order valence-electron chi connectivity index (χ3n) is 11.0. The van der Waals surface area contributed by atoms with Gasteiger partial charge < -0.3 is 13.7 Å². The molecule has 3 aromatic heterocycles. The standard InChI is InChI=1S/C50H29N5/c1-52-35-21-24-49-44(29-35)42-16-5-9-20-48(42)53(49)36-12-10-11-33(27-36)34-25-32(31-51)26-38(28-34)55-47-19-8-4-15-41(47)43-23-22-37(30-50(43)55)54-45-17-6-2-13-39(45)40-14-3-7-18-46(40)54/h2-30H. The molecule has 5 nitrogen and oxygen atoms in total. The van der Waals surface area contributed by atoms with Crippen LogP contribution >= 0.6 is 0 Å². The minimum atomic E-state index is 0.589. The molecule has 11 rings (SSSR count). The molecular formula is C50H29N5. The van der Waals surface area contributed by atoms with Gasteiger partial charge in [0.2, 0.25) is 0 Å². The number of nitrogens with zero attached hydrogens (tertiary/aromatic N) is 5. The number of para-hydroxylation sites is 4. The lowest BCUT2D eigenvalue weighted by Gasteiger charge is -2.14. The van der Waals surface area contributed by atoms with E-state index in [1.807, 2.05) is 36.4 Å². The van der Waals surface area contributed by atoms with Gasteiger partial charge in [-0.2, -0.15) is 5.26 Å². The van der Waals surface area contributed by atoms with Gasteiger partial charge in [0.05, 0.1) is 51.3 Å². The quantitative estimate of drug-likeness (QED) is 0.169. The highest BCUT2D eigenvalue weighted by molar-refractivity contribution is 6.13. The Morgan fingerprint density at radius 2 is 0.891 bits per heavy atom. The van der Waals surface area contributed by atoms with E-state index in [9.17, 15) is 5.26 Å². The van der Waals surface area contributed by atoms with Crippen LogP contribution in [0.1, 0.15) is 5.56 Å². The largest absolute Gasteiger partial charge is 0.309 e. The summed E-state index contributed by atoms with van der Waals surface area (Å²) in [7, 11) is 0. The second-order valence-corrected chi connectivity index (χ2v) is 14.0. The number of hydrogen-bond donors (Lipinski definition) is 0. The number of benzene rings is 8. The maximum absolute atomic E-state index is 10.4. The predicted molar refractivity (Wildman–Crippen MR) is 226 cm³/mol. The summed E-state index contributed by atoms with van der Waals surface area (Å²) in [4.78, 5) is 3.70. The van der Waals surface area contributed by atoms with E-state index in [1.54, 1.807) is 0 Å². The zero-order chi connectivity index (χ0) is 36.6. The molecule has 0 aliphatic carbocycles. The maximum atomic E-state index is 10.4. The molecular weight excluding hydrogens is 671 g/mol. The second kappa shape index (κ2) is 11.8. The Bertz CT molecular complexity index is 3420. The molecule has 3 heterocycles. The maximum Gasteiger partial charge on any atom is 0.188 e. The summed E-state index contributed by atoms with van der Waals surface area (Å²) in [5.74, 6) is 0. The number of aromatic nitrogens is 3. The first-order valence-corrected chi connectivity index (χ1v) is 18.3. The molecule has 0 atom stereocenters. The van der Waals surface area contributed by atoms with Crippen molar-refractivity contribution in [2.24, 2.45) is 0 Å². The molecule has 5 heteroatoms. The molecule has 0 saturated carbocycles. The van der Waals surface area contributed by atoms with Gasteiger partial charge in [-0.15, -0.1) is 0 Å². The molecule has 0 saturated heterocycles. The average Bonchev–Trinajstić information content (AvgIpc) is 3.88. The van der Waals surface area contributed by atoms with Gasteiger partial charge in [0, 0.05) is 44.0 Å². The van der Waals surface area contributed by atoms with Gasteiger partial charge in [0.15, 0.2) is 5.69 Å². The highest BCUT2D eigenvalue weighted by Crippen LogP contribution is 2.39. The van der Waals surface area contributed by atoms with Gasteiger partial charge in [-0.3, -0.25) is 0 Å². The summed E-state index contributed by atoms with van der Waals surface area (Å²) in [5, 5.41) is 17.3. The molecule has 0 N–H and O–H groups in total. The smallest absolute Gasteiger partial charge is 0.188 e. The Balaban J connectivity index is 1.12. The van der Waals surface area contributed by atoms with Crippen molar-refractivity contribution >= 4 is 71.1 Å². The number of nitriles is 1. The molecule has 0 fully saturated rings. The van der Waals surface area contributed by atoms with Gasteiger partial charge in [-0.1, -0.05) is 97.1 Å². The van der Waals surface area contributed by atoms with E-state index in [0.29, 0.717) is 11.3 Å². The van der Waals surface area contributed by atoms with Crippen LogP contribution < -0.4 is 0 Å². The number of rotatable bonds is 4. The van der Waals surface area contributed by atoms with Crippen LogP contribution in [0.3, 0.4) is 0 Å². The Morgan fingerprint density at radius 3 is 1.49 bits per heavy atom. The highest BCUT2D eigenvalue weighted by atomic mass is 15.0. The lowest BCUT2D eigenvalue weighted by molar-refractivity contribution is 1.15. The van der Waals surface area contributed by atoms with Crippen LogP contribution in [0.2, 0.25) is 0 Å². The first-order chi connectivity index (χ1) is 27.2. The molecule has 0 amide bonds. The topological polar surface area (TPSA) is 42.9 Å². The van der Waals surface area contributed by atoms with Crippen LogP contribution in [0.4, 0.5) is 5.69 Å². The molecule has 0 radical (unpaired) electrons. The molecule has 0 spiro atoms. The van der Waals surface area contributed by atoms with Crippen LogP contribution in [-0.2, 0) is 0 Å². The molecule has 0 aliphatic heterocycles. The average molecular weight is 700 g/mol. The normalized spacial score (nSPS) is 11.6. The Labute approximate surface area is 316 Å². The van der Waals surface area contributed by atoms with Crippen molar-refractivity contribution in [3.05, 3.63) is 193 Å². The molecule has 8 aromatic carbocycles. The zero-order valence-corrected chi connectivity index (χ0v) is 29.5. The fourth-order valence-electron chi connectivity index (χ4n) is 8.68. The fourth-order valence-corrected chi connectivity index (χ4v) is 8.68. The minimum Gasteiger partial charge on any atom is -0.309 e. The third kappa shape index (κ3) is 4.58. The van der Waals surface area contributed by atoms with E-state index < -0.39 is 0 Å². The van der Waals surface area contributed by atoms with Gasteiger partial charge in [-0.05, 0) is 95.4 Å². The third-order valence-corrected chi connectivity index (χ3v) is 11.0. The minimum absolute atomic E-state index is 0.589. The SMILES string of the molecule is [C-]#[N+]c1ccc2c(c1)c1ccccc1n2-c1cccc(-c2cc(C#N)cc(-n3c4ccccc4c4ccc(-n5c6ccccc6c6ccccc65)cc43)c2)c1. The number of fused-ring (bicyclic) bond motifs is 9. The van der Waals surface area contributed by atoms with Crippen LogP contribution in [0, 0.1) is 17.9 Å². The molecule has 254 valence electrons. The van der Waals surface area contributed by atoms with Crippen molar-refractivity contribution in [1.82, 2.24) is 13.7 Å². The lowest BCUT2D eigenvalue weighted by atomic mass is 10.0. The molecule has 0 bridgehead atoms.